The summed E-state index contributed by atoms with van der Waals surface area (Å²) in [5.41, 5.74) is 0.987. The number of rotatable bonds is 6. The van der Waals surface area contributed by atoms with Crippen LogP contribution >= 0.6 is 23.1 Å². The number of benzene rings is 1. The Morgan fingerprint density at radius 1 is 1.38 bits per heavy atom. The molecule has 1 unspecified atom stereocenters. The topological polar surface area (TPSA) is 63.9 Å². The first-order chi connectivity index (χ1) is 12.5. The summed E-state index contributed by atoms with van der Waals surface area (Å²) in [5, 5.41) is 10.3. The summed E-state index contributed by atoms with van der Waals surface area (Å²) in [4.78, 5) is 19.1. The highest BCUT2D eigenvalue weighted by atomic mass is 32.2. The molecule has 8 heteroatoms. The van der Waals surface area contributed by atoms with Crippen LogP contribution < -0.4 is 0 Å². The molecule has 1 atom stereocenters. The van der Waals surface area contributed by atoms with Gasteiger partial charge < -0.3 is 9.47 Å². The quantitative estimate of drug-likeness (QED) is 0.605. The van der Waals surface area contributed by atoms with Crippen molar-refractivity contribution in [2.75, 3.05) is 12.8 Å². The molecule has 136 valence electrons. The Morgan fingerprint density at radius 3 is 2.88 bits per heavy atom. The van der Waals surface area contributed by atoms with Gasteiger partial charge in [-0.25, -0.2) is 4.98 Å². The first-order valence-electron chi connectivity index (χ1n) is 8.68. The summed E-state index contributed by atoms with van der Waals surface area (Å²) in [6.07, 6.45) is 2.38. The molecule has 1 aliphatic rings. The summed E-state index contributed by atoms with van der Waals surface area (Å²) in [7, 11) is 3.82. The molecule has 1 amide bonds. The van der Waals surface area contributed by atoms with Crippen LogP contribution in [-0.4, -0.2) is 43.4 Å². The minimum atomic E-state index is -0.0537. The Hall–Kier alpha value is -1.93. The number of fused-ring (bicyclic) bond motifs is 1. The van der Waals surface area contributed by atoms with E-state index in [9.17, 15) is 4.79 Å². The number of carbonyl (C=O) groups is 1. The van der Waals surface area contributed by atoms with Crippen LogP contribution in [0.5, 0.6) is 0 Å². The Labute approximate surface area is 160 Å². The molecule has 0 aliphatic heterocycles. The molecular formula is C18H21N5OS2. The standard InChI is InChI=1S/C18H21N5OS2/c1-11(17-19-13-6-4-5-7-14(13)26-17)22(2)15(24)10-25-18-21-20-16(23(18)3)12-8-9-12/h4-7,11-12H,8-10H2,1-3H3. The van der Waals surface area contributed by atoms with Crippen molar-refractivity contribution in [2.45, 2.75) is 36.9 Å². The molecule has 1 aromatic carbocycles. The van der Waals surface area contributed by atoms with Gasteiger partial charge in [-0.1, -0.05) is 23.9 Å². The highest BCUT2D eigenvalue weighted by molar-refractivity contribution is 7.99. The molecular weight excluding hydrogens is 366 g/mol. The van der Waals surface area contributed by atoms with E-state index in [0.29, 0.717) is 11.7 Å². The normalized spacial score (nSPS) is 15.3. The molecule has 1 fully saturated rings. The van der Waals surface area contributed by atoms with Crippen molar-refractivity contribution in [3.63, 3.8) is 0 Å². The fourth-order valence-corrected chi connectivity index (χ4v) is 4.73. The lowest BCUT2D eigenvalue weighted by Crippen LogP contribution is -2.31. The second kappa shape index (κ2) is 7.00. The SMILES string of the molecule is CC(c1nc2ccccc2s1)N(C)C(=O)CSc1nnc(C2CC2)n1C. The highest BCUT2D eigenvalue weighted by Gasteiger charge is 2.29. The van der Waals surface area contributed by atoms with Gasteiger partial charge in [-0.2, -0.15) is 0 Å². The van der Waals surface area contributed by atoms with Crippen molar-refractivity contribution < 1.29 is 4.79 Å². The van der Waals surface area contributed by atoms with Crippen LogP contribution in [-0.2, 0) is 11.8 Å². The van der Waals surface area contributed by atoms with Crippen molar-refractivity contribution >= 4 is 39.2 Å². The van der Waals surface area contributed by atoms with Crippen LogP contribution in [0.25, 0.3) is 10.2 Å². The lowest BCUT2D eigenvalue weighted by molar-refractivity contribution is -0.128. The van der Waals surface area contributed by atoms with Crippen molar-refractivity contribution in [1.82, 2.24) is 24.6 Å². The van der Waals surface area contributed by atoms with E-state index in [1.54, 1.807) is 16.2 Å². The number of aromatic nitrogens is 4. The predicted octanol–water partition coefficient (Wildman–Crippen LogP) is 3.61. The summed E-state index contributed by atoms with van der Waals surface area (Å²) in [6.45, 7) is 2.02. The monoisotopic (exact) mass is 387 g/mol. The van der Waals surface area contributed by atoms with Gasteiger partial charge in [-0.15, -0.1) is 21.5 Å². The van der Waals surface area contributed by atoms with Crippen LogP contribution in [0.15, 0.2) is 29.4 Å². The third-order valence-electron chi connectivity index (χ3n) is 4.78. The van der Waals surface area contributed by atoms with E-state index >= 15 is 0 Å². The van der Waals surface area contributed by atoms with Crippen molar-refractivity contribution in [2.24, 2.45) is 7.05 Å². The van der Waals surface area contributed by atoms with E-state index in [4.69, 9.17) is 0 Å². The molecule has 0 spiro atoms. The Kier molecular flexibility index (Phi) is 4.71. The van der Waals surface area contributed by atoms with E-state index in [1.807, 2.05) is 43.8 Å². The number of para-hydroxylation sites is 1. The maximum Gasteiger partial charge on any atom is 0.233 e. The van der Waals surface area contributed by atoms with E-state index in [0.717, 1.165) is 26.2 Å². The maximum absolute atomic E-state index is 12.6. The predicted molar refractivity (Wildman–Crippen MR) is 105 cm³/mol. The number of thioether (sulfide) groups is 1. The third kappa shape index (κ3) is 3.35. The molecule has 2 aromatic heterocycles. The molecule has 0 N–H and O–H groups in total. The molecule has 26 heavy (non-hydrogen) atoms. The fraction of sp³-hybridized carbons (Fsp3) is 0.444. The number of nitrogens with zero attached hydrogens (tertiary/aromatic N) is 5. The van der Waals surface area contributed by atoms with Crippen molar-refractivity contribution in [3.8, 4) is 0 Å². The minimum Gasteiger partial charge on any atom is -0.336 e. The van der Waals surface area contributed by atoms with E-state index in [1.165, 1.54) is 24.6 Å². The summed E-state index contributed by atoms with van der Waals surface area (Å²) < 4.78 is 3.17. The average molecular weight is 388 g/mol. The second-order valence-electron chi connectivity index (χ2n) is 6.66. The Morgan fingerprint density at radius 2 is 2.15 bits per heavy atom. The van der Waals surface area contributed by atoms with Gasteiger partial charge in [0.25, 0.3) is 0 Å². The largest absolute Gasteiger partial charge is 0.336 e. The zero-order chi connectivity index (χ0) is 18.3. The van der Waals surface area contributed by atoms with Crippen molar-refractivity contribution in [1.29, 1.82) is 0 Å². The number of carbonyl (C=O) groups excluding carboxylic acids is 1. The summed E-state index contributed by atoms with van der Waals surface area (Å²) >= 11 is 3.09. The molecule has 3 aromatic rings. The van der Waals surface area contributed by atoms with Crippen LogP contribution in [0.4, 0.5) is 0 Å². The zero-order valence-corrected chi connectivity index (χ0v) is 16.7. The van der Waals surface area contributed by atoms with Gasteiger partial charge in [0, 0.05) is 20.0 Å². The lowest BCUT2D eigenvalue weighted by Gasteiger charge is -2.23. The van der Waals surface area contributed by atoms with Crippen molar-refractivity contribution in [3.05, 3.63) is 35.1 Å². The Balaban J connectivity index is 1.40. The minimum absolute atomic E-state index is 0.0537. The van der Waals surface area contributed by atoms with Gasteiger partial charge in [-0.3, -0.25) is 4.79 Å². The molecule has 0 radical (unpaired) electrons. The molecule has 0 bridgehead atoms. The number of amides is 1. The lowest BCUT2D eigenvalue weighted by atomic mass is 10.3. The third-order valence-corrected chi connectivity index (χ3v) is 6.99. The van der Waals surface area contributed by atoms with Crippen LogP contribution in [0.1, 0.15) is 42.6 Å². The van der Waals surface area contributed by atoms with E-state index in [-0.39, 0.29) is 11.9 Å². The number of hydrogen-bond acceptors (Lipinski definition) is 6. The van der Waals surface area contributed by atoms with Crippen LogP contribution in [0.3, 0.4) is 0 Å². The second-order valence-corrected chi connectivity index (χ2v) is 8.67. The van der Waals surface area contributed by atoms with Crippen LogP contribution in [0, 0.1) is 0 Å². The van der Waals surface area contributed by atoms with E-state index in [2.05, 4.69) is 21.2 Å². The first-order valence-corrected chi connectivity index (χ1v) is 10.5. The highest BCUT2D eigenvalue weighted by Crippen LogP contribution is 2.39. The Bertz CT molecular complexity index is 913. The smallest absolute Gasteiger partial charge is 0.233 e. The van der Waals surface area contributed by atoms with Gasteiger partial charge >= 0.3 is 0 Å². The molecule has 4 rings (SSSR count). The van der Waals surface area contributed by atoms with Gasteiger partial charge in [0.2, 0.25) is 5.91 Å². The van der Waals surface area contributed by atoms with E-state index < -0.39 is 0 Å². The molecule has 6 nitrogen and oxygen atoms in total. The van der Waals surface area contributed by atoms with Gasteiger partial charge in [0.05, 0.1) is 22.0 Å². The molecule has 2 heterocycles. The zero-order valence-electron chi connectivity index (χ0n) is 15.0. The van der Waals surface area contributed by atoms with Gasteiger partial charge in [0.15, 0.2) is 5.16 Å². The maximum atomic E-state index is 12.6. The van der Waals surface area contributed by atoms with Gasteiger partial charge in [-0.05, 0) is 31.9 Å². The number of thiazole rings is 1. The van der Waals surface area contributed by atoms with Crippen LogP contribution in [0.2, 0.25) is 0 Å². The summed E-state index contributed by atoms with van der Waals surface area (Å²) in [5.74, 6) is 2.01. The molecule has 1 saturated carbocycles. The molecule has 1 aliphatic carbocycles. The van der Waals surface area contributed by atoms with Gasteiger partial charge in [0.1, 0.15) is 10.8 Å². The first kappa shape index (κ1) is 17.5. The fourth-order valence-electron chi connectivity index (χ4n) is 2.83. The average Bonchev–Trinajstić information content (AvgIpc) is 3.28. The molecule has 0 saturated heterocycles. The number of hydrogen-bond donors (Lipinski definition) is 0. The summed E-state index contributed by atoms with van der Waals surface area (Å²) in [6, 6.07) is 8.01.